The fourth-order valence-electron chi connectivity index (χ4n) is 2.55. The zero-order valence-electron chi connectivity index (χ0n) is 18.5. The molecule has 168 valence electrons. The van der Waals surface area contributed by atoms with E-state index in [2.05, 4.69) is 10.6 Å². The number of hydrogen-bond acceptors (Lipinski definition) is 6. The van der Waals surface area contributed by atoms with E-state index in [9.17, 15) is 19.2 Å². The second-order valence-electron chi connectivity index (χ2n) is 7.58. The molecule has 0 saturated carbocycles. The molecule has 0 spiro atoms. The topological polar surface area (TPSA) is 111 Å². The van der Waals surface area contributed by atoms with E-state index in [-0.39, 0.29) is 31.3 Å². The molecule has 0 aromatic carbocycles. The zero-order chi connectivity index (χ0) is 22.2. The third kappa shape index (κ3) is 13.7. The van der Waals surface area contributed by atoms with Crippen molar-refractivity contribution in [2.24, 2.45) is 5.92 Å². The quantitative estimate of drug-likeness (QED) is 0.315. The zero-order valence-corrected chi connectivity index (χ0v) is 18.5. The molecular weight excluding hydrogens is 376 g/mol. The summed E-state index contributed by atoms with van der Waals surface area (Å²) in [7, 11) is 0. The number of hydrogen-bond donors (Lipinski definition) is 2. The first-order valence-corrected chi connectivity index (χ1v) is 10.6. The van der Waals surface area contributed by atoms with Crippen LogP contribution in [0, 0.1) is 5.92 Å². The van der Waals surface area contributed by atoms with E-state index >= 15 is 0 Å². The molecule has 0 unspecified atom stereocenters. The van der Waals surface area contributed by atoms with Crippen molar-refractivity contribution >= 4 is 23.8 Å². The van der Waals surface area contributed by atoms with Crippen LogP contribution >= 0.6 is 0 Å². The van der Waals surface area contributed by atoms with Gasteiger partial charge in [-0.25, -0.2) is 4.79 Å². The highest BCUT2D eigenvalue weighted by Gasteiger charge is 2.28. The Morgan fingerprint density at radius 1 is 0.862 bits per heavy atom. The molecular formula is C21H38N2O6. The number of rotatable bonds is 15. The summed E-state index contributed by atoms with van der Waals surface area (Å²) in [6, 6.07) is -1.73. The van der Waals surface area contributed by atoms with Gasteiger partial charge in [-0.3, -0.25) is 14.4 Å². The first-order valence-electron chi connectivity index (χ1n) is 10.6. The highest BCUT2D eigenvalue weighted by Crippen LogP contribution is 2.08. The van der Waals surface area contributed by atoms with E-state index in [0.29, 0.717) is 19.4 Å². The van der Waals surface area contributed by atoms with Crippen LogP contribution in [0.4, 0.5) is 0 Å². The van der Waals surface area contributed by atoms with Gasteiger partial charge in [-0.05, 0) is 31.6 Å². The normalized spacial score (nSPS) is 12.8. The van der Waals surface area contributed by atoms with Crippen molar-refractivity contribution in [3.8, 4) is 0 Å². The van der Waals surface area contributed by atoms with E-state index in [4.69, 9.17) is 9.47 Å². The predicted molar refractivity (Wildman–Crippen MR) is 110 cm³/mol. The molecule has 29 heavy (non-hydrogen) atoms. The van der Waals surface area contributed by atoms with Crippen molar-refractivity contribution in [2.45, 2.75) is 91.6 Å². The van der Waals surface area contributed by atoms with Crippen LogP contribution in [0.2, 0.25) is 0 Å². The molecule has 0 fully saturated rings. The summed E-state index contributed by atoms with van der Waals surface area (Å²) in [4.78, 5) is 48.4. The van der Waals surface area contributed by atoms with Gasteiger partial charge in [0.1, 0.15) is 12.1 Å². The summed E-state index contributed by atoms with van der Waals surface area (Å²) in [5.74, 6) is -1.63. The third-order valence-electron chi connectivity index (χ3n) is 4.14. The molecule has 0 aliphatic rings. The van der Waals surface area contributed by atoms with Crippen molar-refractivity contribution in [1.82, 2.24) is 10.6 Å². The fourth-order valence-corrected chi connectivity index (χ4v) is 2.55. The molecule has 8 heteroatoms. The Morgan fingerprint density at radius 2 is 1.45 bits per heavy atom. The first kappa shape index (κ1) is 26.9. The van der Waals surface area contributed by atoms with E-state index in [1.54, 1.807) is 0 Å². The second kappa shape index (κ2) is 15.8. The molecule has 2 atom stereocenters. The molecule has 0 aliphatic heterocycles. The van der Waals surface area contributed by atoms with Gasteiger partial charge in [0.2, 0.25) is 11.8 Å². The fraction of sp³-hybridized carbons (Fsp3) is 0.810. The molecule has 0 heterocycles. The van der Waals surface area contributed by atoms with Crippen LogP contribution in [-0.4, -0.2) is 49.1 Å². The lowest BCUT2D eigenvalue weighted by Crippen LogP contribution is -2.52. The average Bonchev–Trinajstić information content (AvgIpc) is 2.63. The molecule has 0 saturated heterocycles. The van der Waals surface area contributed by atoms with Gasteiger partial charge in [-0.2, -0.15) is 0 Å². The Kier molecular flexibility index (Phi) is 14.6. The lowest BCUT2D eigenvalue weighted by atomic mass is 10.0. The number of amides is 2. The lowest BCUT2D eigenvalue weighted by molar-refractivity contribution is -0.149. The minimum Gasteiger partial charge on any atom is -0.466 e. The van der Waals surface area contributed by atoms with Gasteiger partial charge in [0.25, 0.3) is 0 Å². The second-order valence-corrected chi connectivity index (χ2v) is 7.58. The van der Waals surface area contributed by atoms with E-state index < -0.39 is 29.9 Å². The van der Waals surface area contributed by atoms with Crippen LogP contribution in [0.5, 0.6) is 0 Å². The van der Waals surface area contributed by atoms with Crippen molar-refractivity contribution in [2.75, 3.05) is 13.2 Å². The third-order valence-corrected chi connectivity index (χ3v) is 4.14. The van der Waals surface area contributed by atoms with Crippen LogP contribution in [0.15, 0.2) is 0 Å². The van der Waals surface area contributed by atoms with Gasteiger partial charge >= 0.3 is 11.9 Å². The van der Waals surface area contributed by atoms with Crippen molar-refractivity contribution in [3.63, 3.8) is 0 Å². The summed E-state index contributed by atoms with van der Waals surface area (Å²) in [5, 5.41) is 5.25. The van der Waals surface area contributed by atoms with Crippen molar-refractivity contribution in [3.05, 3.63) is 0 Å². The maximum Gasteiger partial charge on any atom is 0.328 e. The molecule has 0 aromatic heterocycles. The summed E-state index contributed by atoms with van der Waals surface area (Å²) in [6.45, 7) is 9.77. The Morgan fingerprint density at radius 3 is 1.97 bits per heavy atom. The highest BCUT2D eigenvalue weighted by molar-refractivity contribution is 5.90. The summed E-state index contributed by atoms with van der Waals surface area (Å²) >= 11 is 0. The number of carbonyl (C=O) groups is 4. The standard InChI is InChI=1S/C21H38N2O6/c1-6-8-12-28-19(25)11-10-17(21(27)29-13-9-7-2)23-20(26)18(14-15(3)4)22-16(5)24/h15,17-18H,6-14H2,1-5H3,(H,22,24)(H,23,26)/t17-,18-/m0/s1. The largest absolute Gasteiger partial charge is 0.466 e. The predicted octanol–water partition coefficient (Wildman–Crippen LogP) is 2.49. The maximum atomic E-state index is 12.7. The Bertz CT molecular complexity index is 521. The number of carbonyl (C=O) groups excluding carboxylic acids is 4. The molecule has 2 amide bonds. The summed E-state index contributed by atoms with van der Waals surface area (Å²) in [6.07, 6.45) is 3.78. The minimum atomic E-state index is -0.971. The smallest absolute Gasteiger partial charge is 0.328 e. The lowest BCUT2D eigenvalue weighted by Gasteiger charge is -2.23. The van der Waals surface area contributed by atoms with Gasteiger partial charge in [0.05, 0.1) is 13.2 Å². The van der Waals surface area contributed by atoms with Crippen LogP contribution in [-0.2, 0) is 28.7 Å². The monoisotopic (exact) mass is 414 g/mol. The Balaban J connectivity index is 5.00. The molecule has 2 N–H and O–H groups in total. The Labute approximate surface area is 174 Å². The number of unbranched alkanes of at least 4 members (excludes halogenated alkanes) is 2. The molecule has 0 bridgehead atoms. The first-order chi connectivity index (χ1) is 13.7. The van der Waals surface area contributed by atoms with E-state index in [1.807, 2.05) is 27.7 Å². The van der Waals surface area contributed by atoms with E-state index in [0.717, 1.165) is 19.3 Å². The summed E-state index contributed by atoms with van der Waals surface area (Å²) < 4.78 is 10.3. The molecule has 0 radical (unpaired) electrons. The van der Waals surface area contributed by atoms with Crippen LogP contribution < -0.4 is 10.6 Å². The van der Waals surface area contributed by atoms with Crippen molar-refractivity contribution < 1.29 is 28.7 Å². The molecule has 0 rings (SSSR count). The van der Waals surface area contributed by atoms with Gasteiger partial charge in [0, 0.05) is 13.3 Å². The van der Waals surface area contributed by atoms with E-state index in [1.165, 1.54) is 6.92 Å². The van der Waals surface area contributed by atoms with Gasteiger partial charge in [-0.15, -0.1) is 0 Å². The molecule has 0 aromatic rings. The average molecular weight is 415 g/mol. The SMILES string of the molecule is CCCCOC(=O)CC[C@H](NC(=O)[C@H](CC(C)C)NC(C)=O)C(=O)OCCCC. The molecule has 8 nitrogen and oxygen atoms in total. The number of nitrogens with one attached hydrogen (secondary N) is 2. The molecule has 0 aliphatic carbocycles. The summed E-state index contributed by atoms with van der Waals surface area (Å²) in [5.41, 5.74) is 0. The Hall–Kier alpha value is -2.12. The maximum absolute atomic E-state index is 12.7. The minimum absolute atomic E-state index is 0.00742. The number of ether oxygens (including phenoxy) is 2. The van der Waals surface area contributed by atoms with Gasteiger partial charge < -0.3 is 20.1 Å². The van der Waals surface area contributed by atoms with Gasteiger partial charge in [0.15, 0.2) is 0 Å². The van der Waals surface area contributed by atoms with Gasteiger partial charge in [-0.1, -0.05) is 40.5 Å². The highest BCUT2D eigenvalue weighted by atomic mass is 16.5. The number of esters is 2. The van der Waals surface area contributed by atoms with Crippen LogP contribution in [0.25, 0.3) is 0 Å². The van der Waals surface area contributed by atoms with Crippen LogP contribution in [0.1, 0.15) is 79.6 Å². The van der Waals surface area contributed by atoms with Crippen LogP contribution in [0.3, 0.4) is 0 Å². The van der Waals surface area contributed by atoms with Crippen molar-refractivity contribution in [1.29, 1.82) is 0 Å².